The fourth-order valence-electron chi connectivity index (χ4n) is 5.57. The lowest BCUT2D eigenvalue weighted by molar-refractivity contribution is -0.134. The highest BCUT2D eigenvalue weighted by Gasteiger charge is 2.40. The van der Waals surface area contributed by atoms with E-state index in [0.29, 0.717) is 36.6 Å². The molecule has 1 aromatic rings. The number of nitrogens with zero attached hydrogens (tertiary/aromatic N) is 2. The van der Waals surface area contributed by atoms with Crippen LogP contribution >= 0.6 is 11.3 Å². The number of anilines is 2. The van der Waals surface area contributed by atoms with Crippen molar-refractivity contribution in [1.82, 2.24) is 20.4 Å². The van der Waals surface area contributed by atoms with Crippen molar-refractivity contribution >= 4 is 34.0 Å². The number of carbonyl (C=O) groups excluding carboxylic acids is 2. The number of piperidine rings is 2. The average Bonchev–Trinajstić information content (AvgIpc) is 3.10. The van der Waals surface area contributed by atoms with E-state index in [1.807, 2.05) is 0 Å². The number of thiophene rings is 1. The highest BCUT2D eigenvalue weighted by atomic mass is 32.1. The summed E-state index contributed by atoms with van der Waals surface area (Å²) >= 11 is 1.60. The number of nitrogens with one attached hydrogen (secondary N) is 2. The monoisotopic (exact) mass is 476 g/mol. The second kappa shape index (κ2) is 11.1. The van der Waals surface area contributed by atoms with Crippen molar-refractivity contribution in [2.24, 2.45) is 11.8 Å². The summed E-state index contributed by atoms with van der Waals surface area (Å²) in [5.41, 5.74) is 14.2. The first-order chi connectivity index (χ1) is 16.0. The molecule has 1 aromatic heterocycles. The van der Waals surface area contributed by atoms with Crippen molar-refractivity contribution in [3.8, 4) is 0 Å². The number of hydrogen-bond acceptors (Lipinski definition) is 7. The molecule has 3 heterocycles. The quantitative estimate of drug-likeness (QED) is 0.480. The molecule has 0 spiro atoms. The molecule has 0 saturated carbocycles. The van der Waals surface area contributed by atoms with E-state index >= 15 is 0 Å². The smallest absolute Gasteiger partial charge is 0.324 e. The van der Waals surface area contributed by atoms with Gasteiger partial charge in [-0.1, -0.05) is 19.8 Å². The van der Waals surface area contributed by atoms with Gasteiger partial charge in [-0.05, 0) is 63.1 Å². The second-order valence-electron chi connectivity index (χ2n) is 9.88. The molecular weight excluding hydrogens is 436 g/mol. The Morgan fingerprint density at radius 3 is 2.76 bits per heavy atom. The maximum atomic E-state index is 13.5. The van der Waals surface area contributed by atoms with E-state index in [9.17, 15) is 9.59 Å². The van der Waals surface area contributed by atoms with Gasteiger partial charge in [0.15, 0.2) is 0 Å². The average molecular weight is 477 g/mol. The third-order valence-electron chi connectivity index (χ3n) is 7.56. The summed E-state index contributed by atoms with van der Waals surface area (Å²) in [5, 5.41) is 7.32. The molecule has 0 unspecified atom stereocenters. The molecule has 2 aliphatic heterocycles. The zero-order valence-electron chi connectivity index (χ0n) is 19.9. The van der Waals surface area contributed by atoms with E-state index in [1.165, 1.54) is 34.6 Å². The van der Waals surface area contributed by atoms with Crippen molar-refractivity contribution in [2.45, 2.75) is 64.3 Å². The molecule has 4 rings (SSSR count). The van der Waals surface area contributed by atoms with Crippen molar-refractivity contribution < 1.29 is 9.59 Å². The van der Waals surface area contributed by atoms with Gasteiger partial charge in [0.25, 0.3) is 0 Å². The molecule has 1 aliphatic carbocycles. The number of carbonyl (C=O) groups is 2. The minimum atomic E-state index is -0.242. The van der Waals surface area contributed by atoms with Gasteiger partial charge in [-0.25, -0.2) is 4.79 Å². The molecule has 6 N–H and O–H groups in total. The zero-order chi connectivity index (χ0) is 23.4. The van der Waals surface area contributed by atoms with Crippen molar-refractivity contribution in [3.63, 3.8) is 0 Å². The summed E-state index contributed by atoms with van der Waals surface area (Å²) in [5.74, 6) is 0.106. The summed E-state index contributed by atoms with van der Waals surface area (Å²) < 4.78 is 0. The molecule has 3 atom stereocenters. The molecule has 2 fully saturated rings. The normalized spacial score (nSPS) is 25.2. The predicted octanol–water partition coefficient (Wildman–Crippen LogP) is 2.43. The summed E-state index contributed by atoms with van der Waals surface area (Å²) in [7, 11) is 0. The van der Waals surface area contributed by atoms with Gasteiger partial charge in [-0.3, -0.25) is 9.69 Å². The van der Waals surface area contributed by atoms with E-state index in [4.69, 9.17) is 11.5 Å². The Hall–Kier alpha value is -1.84. The lowest BCUT2D eigenvalue weighted by atomic mass is 9.75. The van der Waals surface area contributed by atoms with Gasteiger partial charge in [0.2, 0.25) is 5.91 Å². The minimum Gasteiger partial charge on any atom is -0.396 e. The SMILES string of the molecule is CCCCN(C(=O)NCCN1CCCCC1)C(=O)[C@H]1CN[C@@H]2Cc3sc(N)c(N)c3C[C@H]2C1. The standard InChI is InChI=1S/C24H40N6O2S/c1-2-3-10-30(24(32)27-7-11-29-8-5-4-6-9-29)23(31)17-12-16-13-18-20(14-19(16)28-15-17)33-22(26)21(18)25/h16-17,19,28H,2-15,25-26H2,1H3,(H,27,32)/t16-,17-,19-/m1/s1. The fourth-order valence-corrected chi connectivity index (χ4v) is 6.65. The van der Waals surface area contributed by atoms with Crippen LogP contribution in [0.3, 0.4) is 0 Å². The first-order valence-corrected chi connectivity index (χ1v) is 13.5. The van der Waals surface area contributed by atoms with E-state index < -0.39 is 0 Å². The molecule has 184 valence electrons. The Balaban J connectivity index is 1.35. The molecule has 8 nitrogen and oxygen atoms in total. The van der Waals surface area contributed by atoms with Crippen molar-refractivity contribution in [1.29, 1.82) is 0 Å². The lowest BCUT2D eigenvalue weighted by Crippen LogP contribution is -2.55. The third kappa shape index (κ3) is 5.63. The summed E-state index contributed by atoms with van der Waals surface area (Å²) in [4.78, 5) is 31.6. The molecule has 3 amide bonds. The number of nitrogens with two attached hydrogens (primary N) is 2. The van der Waals surface area contributed by atoms with Crippen molar-refractivity contribution in [3.05, 3.63) is 10.4 Å². The number of fused-ring (bicyclic) bond motifs is 2. The van der Waals surface area contributed by atoms with Crippen LogP contribution in [0.1, 0.15) is 55.9 Å². The van der Waals surface area contributed by atoms with Crippen LogP contribution in [0, 0.1) is 11.8 Å². The number of hydrogen-bond donors (Lipinski definition) is 4. The van der Waals surface area contributed by atoms with Crippen LogP contribution in [0.15, 0.2) is 0 Å². The first kappa shape index (κ1) is 24.3. The molecule has 3 aliphatic rings. The maximum absolute atomic E-state index is 13.5. The number of urea groups is 1. The summed E-state index contributed by atoms with van der Waals surface area (Å²) in [6, 6.07) is 0.106. The van der Waals surface area contributed by atoms with Gasteiger partial charge in [0.1, 0.15) is 5.00 Å². The molecular formula is C24H40N6O2S. The summed E-state index contributed by atoms with van der Waals surface area (Å²) in [6.45, 7) is 6.83. The van der Waals surface area contributed by atoms with Crippen LogP contribution in [0.2, 0.25) is 0 Å². The Morgan fingerprint density at radius 2 is 2.00 bits per heavy atom. The maximum Gasteiger partial charge on any atom is 0.324 e. The third-order valence-corrected chi connectivity index (χ3v) is 8.66. The molecule has 0 aromatic carbocycles. The van der Waals surface area contributed by atoms with Crippen LogP contribution < -0.4 is 22.1 Å². The summed E-state index contributed by atoms with van der Waals surface area (Å²) in [6.07, 6.45) is 8.10. The molecule has 0 bridgehead atoms. The number of rotatable bonds is 7. The van der Waals surface area contributed by atoms with Crippen LogP contribution in [0.25, 0.3) is 0 Å². The number of unbranched alkanes of at least 4 members (excludes halogenated alkanes) is 1. The number of imide groups is 1. The van der Waals surface area contributed by atoms with Gasteiger partial charge < -0.3 is 27.0 Å². The molecule has 9 heteroatoms. The first-order valence-electron chi connectivity index (χ1n) is 12.7. The Labute approximate surface area is 201 Å². The lowest BCUT2D eigenvalue weighted by Gasteiger charge is -2.40. The fraction of sp³-hybridized carbons (Fsp3) is 0.750. The van der Waals surface area contributed by atoms with Gasteiger partial charge in [-0.15, -0.1) is 11.3 Å². The molecule has 2 saturated heterocycles. The Morgan fingerprint density at radius 1 is 1.21 bits per heavy atom. The van der Waals surface area contributed by atoms with E-state index in [-0.39, 0.29) is 17.9 Å². The second-order valence-corrected chi connectivity index (χ2v) is 11.0. The van der Waals surface area contributed by atoms with Gasteiger partial charge in [0, 0.05) is 37.1 Å². The predicted molar refractivity (Wildman–Crippen MR) is 134 cm³/mol. The van der Waals surface area contributed by atoms with Crippen LogP contribution in [-0.2, 0) is 17.6 Å². The van der Waals surface area contributed by atoms with Crippen LogP contribution in [-0.4, -0.2) is 67.0 Å². The Bertz CT molecular complexity index is 837. The highest BCUT2D eigenvalue weighted by Crippen LogP contribution is 2.42. The molecule has 33 heavy (non-hydrogen) atoms. The van der Waals surface area contributed by atoms with Gasteiger partial charge in [-0.2, -0.15) is 0 Å². The topological polar surface area (TPSA) is 117 Å². The largest absolute Gasteiger partial charge is 0.396 e. The van der Waals surface area contributed by atoms with Gasteiger partial charge >= 0.3 is 6.03 Å². The Kier molecular flexibility index (Phi) is 8.14. The van der Waals surface area contributed by atoms with E-state index in [1.54, 1.807) is 11.3 Å². The van der Waals surface area contributed by atoms with E-state index in [0.717, 1.165) is 57.4 Å². The van der Waals surface area contributed by atoms with E-state index in [2.05, 4.69) is 22.5 Å². The highest BCUT2D eigenvalue weighted by molar-refractivity contribution is 7.16. The molecule has 0 radical (unpaired) electrons. The minimum absolute atomic E-state index is 0.0477. The van der Waals surface area contributed by atoms with Crippen LogP contribution in [0.5, 0.6) is 0 Å². The number of amides is 3. The van der Waals surface area contributed by atoms with Gasteiger partial charge in [0.05, 0.1) is 11.6 Å². The van der Waals surface area contributed by atoms with Crippen LogP contribution in [0.4, 0.5) is 15.5 Å². The zero-order valence-corrected chi connectivity index (χ0v) is 20.7. The number of likely N-dealkylation sites (tertiary alicyclic amines) is 1. The van der Waals surface area contributed by atoms with Crippen molar-refractivity contribution in [2.75, 3.05) is 50.7 Å². The number of nitrogen functional groups attached to an aromatic ring is 2.